The van der Waals surface area contributed by atoms with Gasteiger partial charge in [0, 0.05) is 80.7 Å². The van der Waals surface area contributed by atoms with Gasteiger partial charge in [0.1, 0.15) is 11.5 Å². The SMILES string of the molecule is CC1(C)c2cc(N(c3ccccc3)c3ccccc3)ccc2-c2cc3c4c(c21)Oc1c2c(cc5c1C(C)(C)c1cc(N(c6ccccc6)c6ccccc6)ccc1-5)N(c1ccccc1)c1cccc(c1P42)N3c1ccccc1. The van der Waals surface area contributed by atoms with Crippen LogP contribution < -0.4 is 40.3 Å². The van der Waals surface area contributed by atoms with E-state index in [2.05, 4.69) is 296 Å². The minimum atomic E-state index is -1.16. The van der Waals surface area contributed by atoms with E-state index in [4.69, 9.17) is 4.74 Å². The van der Waals surface area contributed by atoms with Gasteiger partial charge in [-0.1, -0.05) is 155 Å². The average molecular weight is 1020 g/mol. The summed E-state index contributed by atoms with van der Waals surface area (Å²) < 4.78 is 8.21. The molecule has 0 amide bonds. The molecule has 11 aromatic carbocycles. The van der Waals surface area contributed by atoms with Crippen molar-refractivity contribution in [2.75, 3.05) is 19.6 Å². The molecule has 0 fully saturated rings. The van der Waals surface area contributed by atoms with E-state index in [9.17, 15) is 0 Å². The standard InChI is InChI=1S/C72H53N4OP/c1-71(2)58-42-52(73(46-24-11-5-12-25-46)47-26-13-6-14-27-47)38-40-54(58)56-44-62-69-66(64(56)71)77-67-65-57(55-41-39-53(43-59(55)72(65,3)4)74(48-28-15-7-16-29-48)49-30-17-8-18-31-49)45-63-70(67)78(69)68-60(75(62)50-32-19-9-20-33-50)36-23-37-61(68)76(63)51-34-21-10-22-35-51/h5-45H,1-4H3. The highest BCUT2D eigenvalue weighted by atomic mass is 31.1. The van der Waals surface area contributed by atoms with Gasteiger partial charge in [0.2, 0.25) is 0 Å². The maximum atomic E-state index is 8.21. The van der Waals surface area contributed by atoms with Crippen LogP contribution in [0.25, 0.3) is 22.3 Å². The number of benzene rings is 11. The van der Waals surface area contributed by atoms with Crippen LogP contribution in [-0.4, -0.2) is 0 Å². The van der Waals surface area contributed by atoms with Crippen LogP contribution in [0.1, 0.15) is 49.9 Å². The van der Waals surface area contributed by atoms with Gasteiger partial charge in [0.05, 0.1) is 33.4 Å². The number of fused-ring (bicyclic) bond motifs is 8. The molecule has 3 heterocycles. The highest BCUT2D eigenvalue weighted by Gasteiger charge is 2.53. The summed E-state index contributed by atoms with van der Waals surface area (Å²) in [6.45, 7) is 9.70. The van der Waals surface area contributed by atoms with Crippen molar-refractivity contribution in [3.05, 3.63) is 271 Å². The van der Waals surface area contributed by atoms with Crippen LogP contribution in [0.3, 0.4) is 0 Å². The van der Waals surface area contributed by atoms with Crippen molar-refractivity contribution in [3.63, 3.8) is 0 Å². The molecule has 0 unspecified atom stereocenters. The van der Waals surface area contributed by atoms with Gasteiger partial charge >= 0.3 is 0 Å². The molecule has 3 aliphatic heterocycles. The first kappa shape index (κ1) is 45.1. The maximum absolute atomic E-state index is 8.21. The van der Waals surface area contributed by atoms with Crippen LogP contribution in [0, 0.1) is 0 Å². The summed E-state index contributed by atoms with van der Waals surface area (Å²) >= 11 is 0. The lowest BCUT2D eigenvalue weighted by atomic mass is 9.80. The molecule has 0 saturated heterocycles. The summed E-state index contributed by atoms with van der Waals surface area (Å²) in [6, 6.07) is 91.3. The summed E-state index contributed by atoms with van der Waals surface area (Å²) in [5.41, 5.74) is 22.9. The van der Waals surface area contributed by atoms with Crippen LogP contribution in [0.4, 0.5) is 68.2 Å². The number of ether oxygens (including phenoxy) is 1. The number of hydrogen-bond acceptors (Lipinski definition) is 5. The van der Waals surface area contributed by atoms with Crippen molar-refractivity contribution in [2.24, 2.45) is 0 Å². The van der Waals surface area contributed by atoms with Crippen molar-refractivity contribution in [1.82, 2.24) is 0 Å². The second-order valence-electron chi connectivity index (χ2n) is 22.1. The normalized spacial score (nSPS) is 14.9. The van der Waals surface area contributed by atoms with Gasteiger partial charge in [-0.05, 0) is 155 Å². The van der Waals surface area contributed by atoms with Crippen molar-refractivity contribution in [2.45, 2.75) is 38.5 Å². The number of rotatable bonds is 8. The van der Waals surface area contributed by atoms with E-state index in [0.29, 0.717) is 0 Å². The second kappa shape index (κ2) is 16.7. The number of nitrogens with zero attached hydrogens (tertiary/aromatic N) is 4. The summed E-state index contributed by atoms with van der Waals surface area (Å²) in [4.78, 5) is 9.83. The Bertz CT molecular complexity index is 3890. The first-order valence-electron chi connectivity index (χ1n) is 27.1. The molecule has 11 aromatic rings. The third-order valence-electron chi connectivity index (χ3n) is 17.1. The van der Waals surface area contributed by atoms with Crippen molar-refractivity contribution in [1.29, 1.82) is 0 Å². The van der Waals surface area contributed by atoms with Crippen molar-refractivity contribution in [3.8, 4) is 33.8 Å². The Morgan fingerprint density at radius 1 is 0.321 bits per heavy atom. The molecular weight excluding hydrogens is 968 g/mol. The molecule has 0 spiro atoms. The van der Waals surface area contributed by atoms with Gasteiger partial charge in [0.25, 0.3) is 0 Å². The van der Waals surface area contributed by atoms with Gasteiger partial charge in [-0.2, -0.15) is 0 Å². The van der Waals surface area contributed by atoms with Crippen LogP contribution in [0.5, 0.6) is 11.5 Å². The molecule has 0 aromatic heterocycles. The molecule has 6 heteroatoms. The lowest BCUT2D eigenvalue weighted by Gasteiger charge is -2.49. The molecule has 0 saturated carbocycles. The van der Waals surface area contributed by atoms with E-state index < -0.39 is 18.8 Å². The van der Waals surface area contributed by atoms with E-state index >= 15 is 0 Å². The molecule has 0 radical (unpaired) electrons. The van der Waals surface area contributed by atoms with Gasteiger partial charge in [-0.25, -0.2) is 0 Å². The van der Waals surface area contributed by atoms with Gasteiger partial charge in [0.15, 0.2) is 0 Å². The number of hydrogen-bond donors (Lipinski definition) is 0. The fraction of sp³-hybridized carbons (Fsp3) is 0.0833. The van der Waals surface area contributed by atoms with Crippen molar-refractivity contribution >= 4 is 92.1 Å². The van der Waals surface area contributed by atoms with Crippen LogP contribution in [0.2, 0.25) is 0 Å². The third kappa shape index (κ3) is 6.28. The zero-order valence-corrected chi connectivity index (χ0v) is 44.7. The minimum Gasteiger partial charge on any atom is -0.455 e. The first-order chi connectivity index (χ1) is 38.3. The highest BCUT2D eigenvalue weighted by Crippen LogP contribution is 2.68. The summed E-state index contributed by atoms with van der Waals surface area (Å²) in [5, 5.41) is 3.95. The Morgan fingerprint density at radius 2 is 0.667 bits per heavy atom. The molecule has 5 nitrogen and oxygen atoms in total. The third-order valence-corrected chi connectivity index (χ3v) is 19.8. The monoisotopic (exact) mass is 1020 g/mol. The highest BCUT2D eigenvalue weighted by molar-refractivity contribution is 7.81. The molecule has 16 rings (SSSR count). The van der Waals surface area contributed by atoms with Crippen LogP contribution in [-0.2, 0) is 10.8 Å². The quantitative estimate of drug-likeness (QED) is 0.141. The molecule has 0 bridgehead atoms. The Morgan fingerprint density at radius 3 is 1.03 bits per heavy atom. The smallest absolute Gasteiger partial charge is 0.142 e. The van der Waals surface area contributed by atoms with E-state index in [1.165, 1.54) is 83.2 Å². The minimum absolute atomic E-state index is 0.438. The zero-order valence-electron chi connectivity index (χ0n) is 43.8. The Hall–Kier alpha value is -9.15. The Balaban J connectivity index is 0.960. The summed E-state index contributed by atoms with van der Waals surface area (Å²) in [6.07, 6.45) is 0. The molecule has 0 N–H and O–H groups in total. The molecule has 78 heavy (non-hydrogen) atoms. The first-order valence-corrected chi connectivity index (χ1v) is 28.4. The van der Waals surface area contributed by atoms with E-state index in [1.54, 1.807) is 0 Å². The van der Waals surface area contributed by atoms with Crippen molar-refractivity contribution < 1.29 is 4.74 Å². The van der Waals surface area contributed by atoms with Gasteiger partial charge < -0.3 is 24.3 Å². The fourth-order valence-electron chi connectivity index (χ4n) is 13.7. The van der Waals surface area contributed by atoms with E-state index in [-0.39, 0.29) is 0 Å². The van der Waals surface area contributed by atoms with Gasteiger partial charge in [-0.3, -0.25) is 0 Å². The second-order valence-corrected chi connectivity index (χ2v) is 24.2. The summed E-state index contributed by atoms with van der Waals surface area (Å²) in [5.74, 6) is 2.01. The Kier molecular flexibility index (Phi) is 9.64. The molecule has 372 valence electrons. The maximum Gasteiger partial charge on any atom is 0.142 e. The zero-order chi connectivity index (χ0) is 52.0. The molecule has 0 atom stereocenters. The lowest BCUT2D eigenvalue weighted by Crippen LogP contribution is -2.44. The van der Waals surface area contributed by atoms with Crippen LogP contribution >= 0.6 is 7.92 Å². The molecular formula is C72H53N4OP. The predicted octanol–water partition coefficient (Wildman–Crippen LogP) is 18.7. The average Bonchev–Trinajstić information content (AvgIpc) is 2.24. The predicted molar refractivity (Wildman–Crippen MR) is 326 cm³/mol. The largest absolute Gasteiger partial charge is 0.455 e. The Labute approximate surface area is 457 Å². The summed E-state index contributed by atoms with van der Waals surface area (Å²) in [7, 11) is -1.16. The number of anilines is 12. The van der Waals surface area contributed by atoms with Crippen LogP contribution in [0.15, 0.2) is 249 Å². The molecule has 2 aliphatic carbocycles. The van der Waals surface area contributed by atoms with E-state index in [1.807, 2.05) is 0 Å². The van der Waals surface area contributed by atoms with Gasteiger partial charge in [-0.15, -0.1) is 0 Å². The lowest BCUT2D eigenvalue weighted by molar-refractivity contribution is 0.455. The fourth-order valence-corrected chi connectivity index (χ4v) is 16.7. The topological polar surface area (TPSA) is 22.2 Å². The number of para-hydroxylation sites is 6. The molecule has 5 aliphatic rings. The van der Waals surface area contributed by atoms with E-state index in [0.717, 1.165) is 57.0 Å².